The van der Waals surface area contributed by atoms with Crippen molar-refractivity contribution < 1.29 is 9.59 Å². The molecule has 1 saturated heterocycles. The molecule has 0 bridgehead atoms. The van der Waals surface area contributed by atoms with Crippen LogP contribution in [0, 0.1) is 0 Å². The van der Waals surface area contributed by atoms with Crippen molar-refractivity contribution in [2.45, 2.75) is 12.8 Å². The third-order valence-electron chi connectivity index (χ3n) is 0.858. The van der Waals surface area contributed by atoms with Gasteiger partial charge in [-0.3, -0.25) is 14.9 Å². The normalized spacial score (nSPS) is 20.0. The maximum absolute atomic E-state index is 10.1. The Hall–Kier alpha value is -0.860. The van der Waals surface area contributed by atoms with Gasteiger partial charge in [-0.15, -0.1) is 0 Å². The zero-order valence-electron chi connectivity index (χ0n) is 3.73. The average molecular weight is 100 g/mol. The predicted octanol–water partition coefficient (Wildman–Crippen LogP) is -0.577. The van der Waals surface area contributed by atoms with Crippen molar-refractivity contribution in [3.8, 4) is 0 Å². The molecule has 7 heavy (non-hydrogen) atoms. The first-order chi connectivity index (χ1) is 3.29. The molecule has 0 unspecified atom stereocenters. The molecular weight excluding hydrogens is 95.0 g/mol. The lowest BCUT2D eigenvalue weighted by atomic mass is 10.4. The Morgan fingerprint density at radius 2 is 1.57 bits per heavy atom. The summed E-state index contributed by atoms with van der Waals surface area (Å²) in [5, 5.41) is 2.14. The van der Waals surface area contributed by atoms with E-state index in [1.165, 1.54) is 0 Å². The molecule has 1 heterocycles. The highest BCUT2D eigenvalue weighted by molar-refractivity contribution is 6.01. The van der Waals surface area contributed by atoms with Gasteiger partial charge in [0.15, 0.2) is 0 Å². The standard InChI is InChI=1S/C4H5NO2/c6-3-1-2-4(7)5-3/h1-2H2,(H,5,6,7)/i5+1. The van der Waals surface area contributed by atoms with E-state index < -0.39 is 0 Å². The zero-order valence-corrected chi connectivity index (χ0v) is 3.73. The van der Waals surface area contributed by atoms with E-state index in [1.807, 2.05) is 0 Å². The first-order valence-corrected chi connectivity index (χ1v) is 2.12. The van der Waals surface area contributed by atoms with Crippen LogP contribution in [0.15, 0.2) is 0 Å². The zero-order chi connectivity index (χ0) is 5.28. The molecular formula is C4H5NO2. The van der Waals surface area contributed by atoms with Crippen LogP contribution in [0.2, 0.25) is 0 Å². The highest BCUT2D eigenvalue weighted by atomic mass is 16.2. The Morgan fingerprint density at radius 1 is 1.14 bits per heavy atom. The molecule has 0 saturated carbocycles. The molecule has 0 aromatic carbocycles. The highest BCUT2D eigenvalue weighted by Gasteiger charge is 2.15. The Labute approximate surface area is 40.7 Å². The van der Waals surface area contributed by atoms with Crippen LogP contribution < -0.4 is 5.32 Å². The fraction of sp³-hybridized carbons (Fsp3) is 0.500. The summed E-state index contributed by atoms with van der Waals surface area (Å²) >= 11 is 0. The summed E-state index contributed by atoms with van der Waals surface area (Å²) in [5.74, 6) is -0.296. The highest BCUT2D eigenvalue weighted by Crippen LogP contribution is 1.95. The number of imide groups is 1. The minimum absolute atomic E-state index is 0.148. The smallest absolute Gasteiger partial charge is 0.227 e. The lowest BCUT2D eigenvalue weighted by Gasteiger charge is -1.79. The molecule has 1 aliphatic heterocycles. The van der Waals surface area contributed by atoms with Gasteiger partial charge in [0, 0.05) is 12.8 Å². The van der Waals surface area contributed by atoms with Crippen LogP contribution >= 0.6 is 0 Å². The van der Waals surface area contributed by atoms with Gasteiger partial charge in [-0.2, -0.15) is 0 Å². The fourth-order valence-corrected chi connectivity index (χ4v) is 0.508. The summed E-state index contributed by atoms with van der Waals surface area (Å²) in [5.41, 5.74) is 0. The van der Waals surface area contributed by atoms with Crippen LogP contribution in [-0.2, 0) is 9.59 Å². The first kappa shape index (κ1) is 4.30. The van der Waals surface area contributed by atoms with Gasteiger partial charge in [0.05, 0.1) is 0 Å². The summed E-state index contributed by atoms with van der Waals surface area (Å²) in [6, 6.07) is 0. The van der Waals surface area contributed by atoms with Gasteiger partial charge in [0.1, 0.15) is 0 Å². The summed E-state index contributed by atoms with van der Waals surface area (Å²) < 4.78 is 0. The second kappa shape index (κ2) is 1.33. The molecule has 0 radical (unpaired) electrons. The van der Waals surface area contributed by atoms with Crippen molar-refractivity contribution in [2.24, 2.45) is 0 Å². The van der Waals surface area contributed by atoms with Gasteiger partial charge in [-0.1, -0.05) is 0 Å². The number of hydrogen-bond acceptors (Lipinski definition) is 2. The van der Waals surface area contributed by atoms with E-state index >= 15 is 0 Å². The van der Waals surface area contributed by atoms with Crippen LogP contribution in [0.4, 0.5) is 0 Å². The first-order valence-electron chi connectivity index (χ1n) is 2.12. The number of amides is 2. The topological polar surface area (TPSA) is 46.2 Å². The maximum Gasteiger partial charge on any atom is 0.227 e. The van der Waals surface area contributed by atoms with Crippen molar-refractivity contribution in [1.82, 2.24) is 5.32 Å². The van der Waals surface area contributed by atoms with E-state index in [0.29, 0.717) is 12.8 Å². The number of carbonyl (C=O) groups is 2. The van der Waals surface area contributed by atoms with Crippen molar-refractivity contribution in [2.75, 3.05) is 0 Å². The number of nitrogens with one attached hydrogen (secondary N) is 1. The summed E-state index contributed by atoms with van der Waals surface area (Å²) in [6.07, 6.45) is 0.748. The van der Waals surface area contributed by atoms with Gasteiger partial charge in [0.25, 0.3) is 0 Å². The third-order valence-corrected chi connectivity index (χ3v) is 0.858. The predicted molar refractivity (Wildman–Crippen MR) is 22.4 cm³/mol. The molecule has 0 atom stereocenters. The largest absolute Gasteiger partial charge is 0.296 e. The van der Waals surface area contributed by atoms with Crippen molar-refractivity contribution in [3.63, 3.8) is 0 Å². The van der Waals surface area contributed by atoms with E-state index in [-0.39, 0.29) is 11.8 Å². The number of rotatable bonds is 0. The Kier molecular flexibility index (Phi) is 0.817. The van der Waals surface area contributed by atoms with E-state index in [9.17, 15) is 9.59 Å². The molecule has 3 heteroatoms. The molecule has 0 aromatic rings. The Balaban J connectivity index is 2.55. The minimum Gasteiger partial charge on any atom is -0.296 e. The lowest BCUT2D eigenvalue weighted by molar-refractivity contribution is -0.124. The monoisotopic (exact) mass is 100 g/mol. The lowest BCUT2D eigenvalue weighted by Crippen LogP contribution is -2.18. The SMILES string of the molecule is O=C1CCC(=O)[15NH]1. The van der Waals surface area contributed by atoms with E-state index in [4.69, 9.17) is 0 Å². The number of hydrogen-bond donors (Lipinski definition) is 1. The fourth-order valence-electron chi connectivity index (χ4n) is 0.508. The van der Waals surface area contributed by atoms with Crippen molar-refractivity contribution in [1.29, 1.82) is 0 Å². The van der Waals surface area contributed by atoms with Crippen LogP contribution in [0.3, 0.4) is 0 Å². The van der Waals surface area contributed by atoms with E-state index in [2.05, 4.69) is 5.32 Å². The van der Waals surface area contributed by atoms with Crippen LogP contribution in [0.25, 0.3) is 0 Å². The van der Waals surface area contributed by atoms with Gasteiger partial charge in [-0.05, 0) is 0 Å². The molecule has 0 aliphatic carbocycles. The van der Waals surface area contributed by atoms with Crippen LogP contribution in [0.1, 0.15) is 12.8 Å². The number of carbonyl (C=O) groups excluding carboxylic acids is 2. The molecule has 2 amide bonds. The van der Waals surface area contributed by atoms with E-state index in [1.54, 1.807) is 0 Å². The van der Waals surface area contributed by atoms with Crippen molar-refractivity contribution >= 4 is 11.8 Å². The van der Waals surface area contributed by atoms with Crippen LogP contribution in [0.5, 0.6) is 0 Å². The Bertz CT molecular complexity index is 105. The van der Waals surface area contributed by atoms with Crippen molar-refractivity contribution in [3.05, 3.63) is 0 Å². The summed E-state index contributed by atoms with van der Waals surface area (Å²) in [4.78, 5) is 20.2. The van der Waals surface area contributed by atoms with Crippen LogP contribution in [-0.4, -0.2) is 11.8 Å². The molecule has 3 nitrogen and oxygen atoms in total. The van der Waals surface area contributed by atoms with Gasteiger partial charge < -0.3 is 0 Å². The van der Waals surface area contributed by atoms with Gasteiger partial charge in [0.2, 0.25) is 11.8 Å². The maximum atomic E-state index is 10.1. The van der Waals surface area contributed by atoms with Gasteiger partial charge in [-0.25, -0.2) is 0 Å². The Morgan fingerprint density at radius 3 is 1.71 bits per heavy atom. The summed E-state index contributed by atoms with van der Waals surface area (Å²) in [7, 11) is 0. The molecule has 38 valence electrons. The van der Waals surface area contributed by atoms with Gasteiger partial charge >= 0.3 is 0 Å². The molecule has 1 aliphatic rings. The molecule has 1 rings (SSSR count). The second-order valence-corrected chi connectivity index (χ2v) is 1.47. The molecule has 1 N–H and O–H groups in total. The second-order valence-electron chi connectivity index (χ2n) is 1.47. The molecule has 0 spiro atoms. The third kappa shape index (κ3) is 0.765. The molecule has 1 fully saturated rings. The van der Waals surface area contributed by atoms with E-state index in [0.717, 1.165) is 0 Å². The quantitative estimate of drug-likeness (QED) is 0.327. The minimum atomic E-state index is -0.148. The summed E-state index contributed by atoms with van der Waals surface area (Å²) in [6.45, 7) is 0. The molecule has 0 aromatic heterocycles. The average Bonchev–Trinajstić information content (AvgIpc) is 1.87.